The molecular formula is C18H28N2O4SSi. The van der Waals surface area contributed by atoms with E-state index in [0.29, 0.717) is 5.69 Å². The molecule has 0 bridgehead atoms. The van der Waals surface area contributed by atoms with Gasteiger partial charge in [-0.25, -0.2) is 19.5 Å². The number of nitrogens with zero attached hydrogens (tertiary/aromatic N) is 2. The van der Waals surface area contributed by atoms with Crippen molar-refractivity contribution in [3.8, 4) is 11.5 Å². The fraction of sp³-hybridized carbons (Fsp3) is 0.611. The summed E-state index contributed by atoms with van der Waals surface area (Å²) in [6.07, 6.45) is -1.94. The van der Waals surface area contributed by atoms with Crippen molar-refractivity contribution in [3.63, 3.8) is 0 Å². The van der Waals surface area contributed by atoms with E-state index in [1.54, 1.807) is 34.6 Å². The molecule has 1 N–H and O–H groups in total. The highest BCUT2D eigenvalue weighted by Gasteiger charge is 2.39. The average Bonchev–Trinajstić information content (AvgIpc) is 2.78. The van der Waals surface area contributed by atoms with Gasteiger partial charge >= 0.3 is 12.2 Å². The minimum Gasteiger partial charge on any atom is -0.465 e. The fourth-order valence-electron chi connectivity index (χ4n) is 2.04. The summed E-state index contributed by atoms with van der Waals surface area (Å²) in [6, 6.07) is 0. The lowest BCUT2D eigenvalue weighted by Gasteiger charge is -2.35. The Morgan fingerprint density at radius 2 is 1.85 bits per heavy atom. The van der Waals surface area contributed by atoms with Gasteiger partial charge < -0.3 is 9.84 Å². The summed E-state index contributed by atoms with van der Waals surface area (Å²) in [6.45, 7) is 14.9. The van der Waals surface area contributed by atoms with Crippen LogP contribution in [0.25, 0.3) is 0 Å². The maximum absolute atomic E-state index is 12.3. The Morgan fingerprint density at radius 1 is 1.27 bits per heavy atom. The van der Waals surface area contributed by atoms with Crippen LogP contribution in [-0.4, -0.2) is 46.4 Å². The lowest BCUT2D eigenvalue weighted by Crippen LogP contribution is -2.53. The van der Waals surface area contributed by atoms with E-state index < -0.39 is 31.4 Å². The zero-order valence-corrected chi connectivity index (χ0v) is 18.6. The first-order valence-electron chi connectivity index (χ1n) is 8.34. The third-order valence-corrected chi connectivity index (χ3v) is 4.80. The number of carbonyl (C=O) groups excluding carboxylic acids is 1. The molecule has 0 fully saturated rings. The number of thiazole rings is 1. The molecule has 1 heterocycles. The van der Waals surface area contributed by atoms with Gasteiger partial charge in [-0.3, -0.25) is 0 Å². The number of carboxylic acid groups (broad SMARTS) is 1. The highest BCUT2D eigenvalue weighted by molar-refractivity contribution is 7.09. The molecule has 26 heavy (non-hydrogen) atoms. The van der Waals surface area contributed by atoms with E-state index in [2.05, 4.69) is 36.1 Å². The van der Waals surface area contributed by atoms with Crippen molar-refractivity contribution in [3.05, 3.63) is 16.1 Å². The number of hydrogen-bond donors (Lipinski definition) is 1. The smallest absolute Gasteiger partial charge is 0.420 e. The van der Waals surface area contributed by atoms with Gasteiger partial charge in [0.2, 0.25) is 0 Å². The third kappa shape index (κ3) is 7.18. The van der Waals surface area contributed by atoms with Gasteiger partial charge in [0.1, 0.15) is 19.4 Å². The number of hydrogen-bond acceptors (Lipinski definition) is 5. The van der Waals surface area contributed by atoms with Crippen LogP contribution in [0, 0.1) is 11.5 Å². The first-order valence-corrected chi connectivity index (χ1v) is 12.7. The van der Waals surface area contributed by atoms with Gasteiger partial charge in [0.05, 0.1) is 10.5 Å². The molecule has 0 aliphatic rings. The quantitative estimate of drug-likeness (QED) is 0.596. The Balaban J connectivity index is 3.01. The van der Waals surface area contributed by atoms with Gasteiger partial charge in [0.25, 0.3) is 0 Å². The molecule has 0 aliphatic carbocycles. The minimum absolute atomic E-state index is 0.290. The van der Waals surface area contributed by atoms with E-state index in [1.165, 1.54) is 11.3 Å². The average molecular weight is 397 g/mol. The molecule has 0 saturated carbocycles. The van der Waals surface area contributed by atoms with Crippen molar-refractivity contribution in [1.29, 1.82) is 0 Å². The molecule has 0 unspecified atom stereocenters. The number of amides is 2. The summed E-state index contributed by atoms with van der Waals surface area (Å²) in [5.41, 5.74) is 2.16. The van der Waals surface area contributed by atoms with Gasteiger partial charge in [-0.2, -0.15) is 0 Å². The molecule has 0 aromatic carbocycles. The molecule has 6 nitrogen and oxygen atoms in total. The van der Waals surface area contributed by atoms with Crippen LogP contribution in [0.3, 0.4) is 0 Å². The molecule has 1 aromatic heterocycles. The number of rotatable bonds is 3. The van der Waals surface area contributed by atoms with Gasteiger partial charge in [-0.05, 0) is 34.6 Å². The Labute approximate surface area is 160 Å². The Bertz CT molecular complexity index is 733. The van der Waals surface area contributed by atoms with Crippen molar-refractivity contribution >= 4 is 31.6 Å². The zero-order valence-electron chi connectivity index (χ0n) is 16.8. The van der Waals surface area contributed by atoms with Crippen molar-refractivity contribution in [2.45, 2.75) is 71.8 Å². The number of aromatic nitrogens is 1. The van der Waals surface area contributed by atoms with Crippen LogP contribution in [0.2, 0.25) is 19.6 Å². The van der Waals surface area contributed by atoms with E-state index in [9.17, 15) is 14.7 Å². The van der Waals surface area contributed by atoms with Crippen LogP contribution >= 0.6 is 11.3 Å². The Kier molecular flexibility index (Phi) is 6.66. The van der Waals surface area contributed by atoms with E-state index in [4.69, 9.17) is 4.74 Å². The van der Waals surface area contributed by atoms with Crippen LogP contribution < -0.4 is 0 Å². The second-order valence-corrected chi connectivity index (χ2v) is 14.4. The first kappa shape index (κ1) is 22.2. The Morgan fingerprint density at radius 3 is 2.31 bits per heavy atom. The largest absolute Gasteiger partial charge is 0.465 e. The molecule has 0 radical (unpaired) electrons. The summed E-state index contributed by atoms with van der Waals surface area (Å²) in [5, 5.41) is 12.1. The molecule has 8 heteroatoms. The predicted octanol–water partition coefficient (Wildman–Crippen LogP) is 4.61. The van der Waals surface area contributed by atoms with Gasteiger partial charge in [0.15, 0.2) is 0 Å². The van der Waals surface area contributed by atoms with Crippen LogP contribution in [-0.2, 0) is 11.2 Å². The number of imide groups is 1. The van der Waals surface area contributed by atoms with E-state index >= 15 is 0 Å². The molecule has 0 saturated heterocycles. The summed E-state index contributed by atoms with van der Waals surface area (Å²) >= 11 is 1.41. The third-order valence-electron chi connectivity index (χ3n) is 3.07. The fourth-order valence-corrected chi connectivity index (χ4v) is 3.49. The molecular weight excluding hydrogens is 368 g/mol. The maximum Gasteiger partial charge on any atom is 0.420 e. The highest BCUT2D eigenvalue weighted by Crippen LogP contribution is 2.25. The lowest BCUT2D eigenvalue weighted by molar-refractivity contribution is 0.00797. The Hall–Kier alpha value is -1.85. The predicted molar refractivity (Wildman–Crippen MR) is 106 cm³/mol. The molecule has 1 aromatic rings. The SMILES string of the molecule is CC(C)(C)OC(=O)N(C(=O)O)C(C)(C)Cc1nc(C#C[Si](C)(C)C)cs1. The van der Waals surface area contributed by atoms with Crippen molar-refractivity contribution in [1.82, 2.24) is 9.88 Å². The number of carbonyl (C=O) groups is 2. The second-order valence-electron chi connectivity index (χ2n) is 8.71. The highest BCUT2D eigenvalue weighted by atomic mass is 32.1. The lowest BCUT2D eigenvalue weighted by atomic mass is 9.99. The molecule has 0 atom stereocenters. The molecule has 1 rings (SSSR count). The monoisotopic (exact) mass is 396 g/mol. The summed E-state index contributed by atoms with van der Waals surface area (Å²) in [4.78, 5) is 29.2. The van der Waals surface area contributed by atoms with Gasteiger partial charge in [-0.15, -0.1) is 16.9 Å². The normalized spacial score (nSPS) is 12.2. The second kappa shape index (κ2) is 7.80. The summed E-state index contributed by atoms with van der Waals surface area (Å²) in [5.74, 6) is 3.09. The minimum atomic E-state index is -1.49. The van der Waals surface area contributed by atoms with Crippen LogP contribution in [0.5, 0.6) is 0 Å². The molecule has 0 spiro atoms. The van der Waals surface area contributed by atoms with Crippen LogP contribution in [0.1, 0.15) is 45.3 Å². The topological polar surface area (TPSA) is 79.7 Å². The van der Waals surface area contributed by atoms with Gasteiger partial charge in [0, 0.05) is 11.8 Å². The van der Waals surface area contributed by atoms with E-state index in [-0.39, 0.29) is 6.42 Å². The summed E-state index contributed by atoms with van der Waals surface area (Å²) < 4.78 is 5.24. The maximum atomic E-state index is 12.3. The van der Waals surface area contributed by atoms with Gasteiger partial charge in [-0.1, -0.05) is 25.6 Å². The molecule has 144 valence electrons. The first-order chi connectivity index (χ1) is 11.6. The molecule has 2 amide bonds. The van der Waals surface area contributed by atoms with Crippen molar-refractivity contribution in [2.75, 3.05) is 0 Å². The van der Waals surface area contributed by atoms with E-state index in [1.807, 2.05) is 5.38 Å². The van der Waals surface area contributed by atoms with Crippen molar-refractivity contribution < 1.29 is 19.4 Å². The van der Waals surface area contributed by atoms with E-state index in [0.717, 1.165) is 9.91 Å². The van der Waals surface area contributed by atoms with Crippen LogP contribution in [0.4, 0.5) is 9.59 Å². The number of ether oxygens (including phenoxy) is 1. The standard InChI is InChI=1S/C18H28N2O4SSi/c1-17(2,3)24-16(23)20(15(21)22)18(4,5)11-14-19-13(12-25-14)9-10-26(6,7)8/h12H,11H2,1-8H3,(H,21,22). The van der Waals surface area contributed by atoms with Crippen LogP contribution in [0.15, 0.2) is 5.38 Å². The zero-order chi connectivity index (χ0) is 20.3. The molecule has 0 aliphatic heterocycles. The summed E-state index contributed by atoms with van der Waals surface area (Å²) in [7, 11) is -1.49. The van der Waals surface area contributed by atoms with Crippen molar-refractivity contribution in [2.24, 2.45) is 0 Å².